The van der Waals surface area contributed by atoms with Gasteiger partial charge in [0.2, 0.25) is 0 Å². The fraction of sp³-hybridized carbons (Fsp3) is 0.154. The highest BCUT2D eigenvalue weighted by atomic mass is 16.5. The van der Waals surface area contributed by atoms with Crippen molar-refractivity contribution in [1.29, 1.82) is 0 Å². The summed E-state index contributed by atoms with van der Waals surface area (Å²) in [6.07, 6.45) is 8.87. The molecule has 5 heteroatoms. The first-order chi connectivity index (χ1) is 15.1. The number of carbonyl (C=O) groups is 1. The Morgan fingerprint density at radius 3 is 2.74 bits per heavy atom. The molecule has 31 heavy (non-hydrogen) atoms. The van der Waals surface area contributed by atoms with Crippen LogP contribution in [0.5, 0.6) is 5.75 Å². The van der Waals surface area contributed by atoms with Gasteiger partial charge in [-0.1, -0.05) is 67.3 Å². The molecule has 1 heterocycles. The predicted octanol–water partition coefficient (Wildman–Crippen LogP) is 5.20. The molecule has 3 rings (SSSR count). The molecule has 0 aliphatic carbocycles. The van der Waals surface area contributed by atoms with Crippen LogP contribution in [0.1, 0.15) is 30.5 Å². The average Bonchev–Trinajstić information content (AvgIpc) is 2.79. The molecule has 0 radical (unpaired) electrons. The van der Waals surface area contributed by atoms with E-state index in [1.807, 2.05) is 66.7 Å². The number of nitrogens with zero attached hydrogens (tertiary/aromatic N) is 1. The van der Waals surface area contributed by atoms with Crippen LogP contribution in [0.25, 0.3) is 10.9 Å². The fourth-order valence-electron chi connectivity index (χ4n) is 3.31. The van der Waals surface area contributed by atoms with E-state index in [9.17, 15) is 9.90 Å². The number of nitrogens with one attached hydrogen (secondary N) is 1. The molecule has 0 amide bonds. The number of carbonyl (C=O) groups excluding carboxylic acids is 1. The van der Waals surface area contributed by atoms with Gasteiger partial charge in [-0.2, -0.15) is 0 Å². The minimum absolute atomic E-state index is 0.132. The average molecular weight is 415 g/mol. The molecule has 1 aromatic heterocycles. The lowest BCUT2D eigenvalue weighted by molar-refractivity contribution is -0.142. The first kappa shape index (κ1) is 21.8. The van der Waals surface area contributed by atoms with Gasteiger partial charge in [0.1, 0.15) is 11.3 Å². The van der Waals surface area contributed by atoms with Gasteiger partial charge in [0.15, 0.2) is 0 Å². The number of esters is 1. The zero-order valence-electron chi connectivity index (χ0n) is 17.5. The number of benzene rings is 2. The maximum absolute atomic E-state index is 11.6. The van der Waals surface area contributed by atoms with E-state index in [1.165, 1.54) is 0 Å². The molecule has 0 spiro atoms. The minimum Gasteiger partial charge on any atom is -0.505 e. The molecule has 1 atom stereocenters. The number of phenols is 1. The number of allylic oxidation sites excluding steroid dienone is 3. The summed E-state index contributed by atoms with van der Waals surface area (Å²) in [4.78, 5) is 16.0. The van der Waals surface area contributed by atoms with Gasteiger partial charge in [-0.3, -0.25) is 9.78 Å². The Bertz CT molecular complexity index is 1100. The topological polar surface area (TPSA) is 71.5 Å². The number of ether oxygens (including phenoxy) is 1. The molecule has 5 nitrogen and oxygen atoms in total. The van der Waals surface area contributed by atoms with Crippen molar-refractivity contribution >= 4 is 16.9 Å². The zero-order chi connectivity index (χ0) is 22.1. The standard InChI is InChI=1S/C26H26N2O3/c1-3-10-21(14-8-15-23(29)31-4-2)28-24(19-11-6-5-7-12-19)22-17-16-20-13-9-18-27-25(20)26(22)30/h3,5-14,16-18,24,28,30H,1,4,15H2,2H3/b14-8-,21-10+. The molecule has 2 N–H and O–H groups in total. The second-order valence-electron chi connectivity index (χ2n) is 6.84. The van der Waals surface area contributed by atoms with Gasteiger partial charge in [0, 0.05) is 22.8 Å². The first-order valence-electron chi connectivity index (χ1n) is 10.2. The molecule has 0 fully saturated rings. The van der Waals surface area contributed by atoms with Crippen molar-refractivity contribution < 1.29 is 14.6 Å². The maximum atomic E-state index is 11.6. The molecule has 3 aromatic rings. The van der Waals surface area contributed by atoms with E-state index >= 15 is 0 Å². The van der Waals surface area contributed by atoms with E-state index in [0.29, 0.717) is 17.7 Å². The van der Waals surface area contributed by atoms with Crippen LogP contribution >= 0.6 is 0 Å². The van der Waals surface area contributed by atoms with Gasteiger partial charge >= 0.3 is 5.97 Å². The van der Waals surface area contributed by atoms with Crippen LogP contribution in [-0.4, -0.2) is 22.7 Å². The van der Waals surface area contributed by atoms with Crippen LogP contribution in [0, 0.1) is 0 Å². The van der Waals surface area contributed by atoms with Crippen LogP contribution in [0.15, 0.2) is 97.4 Å². The summed E-state index contributed by atoms with van der Waals surface area (Å²) in [5.74, 6) is -0.150. The number of aromatic nitrogens is 1. The number of phenolic OH excluding ortho intramolecular Hbond substituents is 1. The van der Waals surface area contributed by atoms with E-state index in [-0.39, 0.29) is 24.2 Å². The highest BCUT2D eigenvalue weighted by Gasteiger charge is 2.20. The van der Waals surface area contributed by atoms with E-state index < -0.39 is 0 Å². The smallest absolute Gasteiger partial charge is 0.309 e. The summed E-state index contributed by atoms with van der Waals surface area (Å²) in [5, 5.41) is 15.3. The Morgan fingerprint density at radius 1 is 1.19 bits per heavy atom. The van der Waals surface area contributed by atoms with Crippen LogP contribution in [0.2, 0.25) is 0 Å². The van der Waals surface area contributed by atoms with E-state index in [2.05, 4.69) is 16.9 Å². The summed E-state index contributed by atoms with van der Waals surface area (Å²) < 4.78 is 4.97. The van der Waals surface area contributed by atoms with Crippen molar-refractivity contribution in [1.82, 2.24) is 10.3 Å². The van der Waals surface area contributed by atoms with Gasteiger partial charge in [-0.05, 0) is 30.7 Å². The van der Waals surface area contributed by atoms with Crippen molar-refractivity contribution in [3.63, 3.8) is 0 Å². The van der Waals surface area contributed by atoms with Crippen molar-refractivity contribution in [2.75, 3.05) is 6.61 Å². The summed E-state index contributed by atoms with van der Waals surface area (Å²) >= 11 is 0. The molecule has 0 aliphatic rings. The number of hydrogen-bond acceptors (Lipinski definition) is 5. The first-order valence-corrected chi connectivity index (χ1v) is 10.2. The molecule has 0 aliphatic heterocycles. The number of pyridine rings is 1. The van der Waals surface area contributed by atoms with E-state index in [0.717, 1.165) is 16.6 Å². The quantitative estimate of drug-likeness (QED) is 0.372. The van der Waals surface area contributed by atoms with Gasteiger partial charge in [-0.25, -0.2) is 0 Å². The van der Waals surface area contributed by atoms with Crippen molar-refractivity contribution in [3.8, 4) is 5.75 Å². The fourth-order valence-corrected chi connectivity index (χ4v) is 3.31. The Hall–Kier alpha value is -3.86. The predicted molar refractivity (Wildman–Crippen MR) is 123 cm³/mol. The summed E-state index contributed by atoms with van der Waals surface area (Å²) in [6.45, 7) is 5.92. The Balaban J connectivity index is 1.97. The van der Waals surface area contributed by atoms with Crippen molar-refractivity contribution in [3.05, 3.63) is 109 Å². The molecule has 0 bridgehead atoms. The molecule has 2 aromatic carbocycles. The minimum atomic E-state index is -0.342. The molecular formula is C26H26N2O3. The second-order valence-corrected chi connectivity index (χ2v) is 6.84. The second kappa shape index (κ2) is 10.8. The lowest BCUT2D eigenvalue weighted by Gasteiger charge is -2.23. The van der Waals surface area contributed by atoms with Crippen LogP contribution < -0.4 is 5.32 Å². The van der Waals surface area contributed by atoms with Crippen molar-refractivity contribution in [2.24, 2.45) is 0 Å². The zero-order valence-corrected chi connectivity index (χ0v) is 17.5. The molecular weight excluding hydrogens is 388 g/mol. The van der Waals surface area contributed by atoms with Crippen LogP contribution in [0.3, 0.4) is 0 Å². The number of aromatic hydroxyl groups is 1. The largest absolute Gasteiger partial charge is 0.505 e. The molecule has 0 saturated carbocycles. The molecule has 0 saturated heterocycles. The van der Waals surface area contributed by atoms with Crippen LogP contribution in [-0.2, 0) is 9.53 Å². The monoisotopic (exact) mass is 414 g/mol. The number of rotatable bonds is 9. The SMILES string of the molecule is C=C/C=C(\C=C/CC(=O)OCC)NC(c1ccccc1)c1ccc2cccnc2c1O. The third kappa shape index (κ3) is 5.60. The Morgan fingerprint density at radius 2 is 2.00 bits per heavy atom. The van der Waals surface area contributed by atoms with Gasteiger partial charge in [-0.15, -0.1) is 0 Å². The van der Waals surface area contributed by atoms with Gasteiger partial charge in [0.05, 0.1) is 19.1 Å². The van der Waals surface area contributed by atoms with Gasteiger partial charge < -0.3 is 15.2 Å². The van der Waals surface area contributed by atoms with Crippen molar-refractivity contribution in [2.45, 2.75) is 19.4 Å². The van der Waals surface area contributed by atoms with E-state index in [4.69, 9.17) is 4.74 Å². The van der Waals surface area contributed by atoms with E-state index in [1.54, 1.807) is 25.3 Å². The highest BCUT2D eigenvalue weighted by molar-refractivity contribution is 5.85. The summed E-state index contributed by atoms with van der Waals surface area (Å²) in [7, 11) is 0. The normalized spacial score (nSPS) is 12.6. The third-order valence-electron chi connectivity index (χ3n) is 4.72. The van der Waals surface area contributed by atoms with Crippen LogP contribution in [0.4, 0.5) is 0 Å². The number of fused-ring (bicyclic) bond motifs is 1. The van der Waals surface area contributed by atoms with Gasteiger partial charge in [0.25, 0.3) is 0 Å². The summed E-state index contributed by atoms with van der Waals surface area (Å²) in [6, 6.07) is 17.1. The highest BCUT2D eigenvalue weighted by Crippen LogP contribution is 2.35. The lowest BCUT2D eigenvalue weighted by Crippen LogP contribution is -2.21. The molecule has 1 unspecified atom stereocenters. The Labute approximate surface area is 182 Å². The maximum Gasteiger partial charge on any atom is 0.309 e. The number of hydrogen-bond donors (Lipinski definition) is 2. The Kier molecular flexibility index (Phi) is 7.60. The third-order valence-corrected chi connectivity index (χ3v) is 4.72. The summed E-state index contributed by atoms with van der Waals surface area (Å²) in [5.41, 5.74) is 2.97. The molecule has 158 valence electrons. The lowest BCUT2D eigenvalue weighted by atomic mass is 9.96.